The third kappa shape index (κ3) is 5.26. The first-order valence-electron chi connectivity index (χ1n) is 16.1. The Morgan fingerprint density at radius 3 is 1.86 bits per heavy atom. The Kier molecular flexibility index (Phi) is 7.97. The van der Waals surface area contributed by atoms with E-state index in [1.54, 1.807) is 0 Å². The predicted molar refractivity (Wildman–Crippen MR) is 165 cm³/mol. The van der Waals surface area contributed by atoms with E-state index in [4.69, 9.17) is 8.85 Å². The molecule has 0 aliphatic heterocycles. The Hall–Kier alpha value is 0.354. The Morgan fingerprint density at radius 1 is 0.703 bits per heavy atom. The molecule has 4 aliphatic rings. The van der Waals surface area contributed by atoms with Crippen LogP contribution in [0.1, 0.15) is 120 Å². The molecular weight excluding hydrogens is 485 g/mol. The molecule has 4 rings (SSSR count). The summed E-state index contributed by atoms with van der Waals surface area (Å²) in [5.74, 6) is 4.42. The van der Waals surface area contributed by atoms with Gasteiger partial charge in [0.2, 0.25) is 0 Å². The largest absolute Gasteiger partial charge is 0.414 e. The third-order valence-corrected chi connectivity index (χ3v) is 22.9. The Bertz CT molecular complexity index is 823. The van der Waals surface area contributed by atoms with Crippen LogP contribution in [-0.4, -0.2) is 28.8 Å². The first-order valence-corrected chi connectivity index (χ1v) is 21.9. The molecule has 4 saturated carbocycles. The molecule has 4 aliphatic carbocycles. The Balaban J connectivity index is 1.45. The van der Waals surface area contributed by atoms with Crippen LogP contribution >= 0.6 is 0 Å². The van der Waals surface area contributed by atoms with Gasteiger partial charge in [-0.3, -0.25) is 0 Å². The molecule has 9 atom stereocenters. The standard InChI is InChI=1S/C33H64O2Si2/c1-23(34-36(10,11)30(2,3)4)27-16-17-28-26-15-14-24-22-25(35-37(12,13)31(5,6)7)18-20-32(24,8)29(26)19-21-33(27,28)9/h23-29H,14-22H2,1-13H3. The highest BCUT2D eigenvalue weighted by Gasteiger charge is 2.61. The van der Waals surface area contributed by atoms with Gasteiger partial charge in [0.1, 0.15) is 0 Å². The molecule has 0 N–H and O–H groups in total. The summed E-state index contributed by atoms with van der Waals surface area (Å²) < 4.78 is 14.0. The fourth-order valence-corrected chi connectivity index (χ4v) is 12.3. The van der Waals surface area contributed by atoms with Gasteiger partial charge in [0, 0.05) is 12.2 Å². The van der Waals surface area contributed by atoms with Gasteiger partial charge in [-0.15, -0.1) is 0 Å². The summed E-state index contributed by atoms with van der Waals surface area (Å²) in [6.45, 7) is 32.0. The molecule has 0 aromatic rings. The maximum atomic E-state index is 7.05. The molecule has 0 aromatic carbocycles. The normalized spacial score (nSPS) is 42.1. The lowest BCUT2D eigenvalue weighted by atomic mass is 9.44. The van der Waals surface area contributed by atoms with Crippen LogP contribution in [0.25, 0.3) is 0 Å². The zero-order valence-electron chi connectivity index (χ0n) is 27.2. The van der Waals surface area contributed by atoms with E-state index in [0.29, 0.717) is 28.1 Å². The highest BCUT2D eigenvalue weighted by atomic mass is 28.4. The molecule has 4 fully saturated rings. The zero-order valence-corrected chi connectivity index (χ0v) is 29.2. The van der Waals surface area contributed by atoms with Crippen LogP contribution in [0.4, 0.5) is 0 Å². The van der Waals surface area contributed by atoms with Gasteiger partial charge in [-0.05, 0) is 141 Å². The van der Waals surface area contributed by atoms with Crippen molar-refractivity contribution in [2.75, 3.05) is 0 Å². The molecule has 2 nitrogen and oxygen atoms in total. The lowest BCUT2D eigenvalue weighted by molar-refractivity contribution is -0.130. The van der Waals surface area contributed by atoms with Gasteiger partial charge in [-0.25, -0.2) is 0 Å². The van der Waals surface area contributed by atoms with Crippen LogP contribution in [0.3, 0.4) is 0 Å². The Morgan fingerprint density at radius 2 is 1.27 bits per heavy atom. The van der Waals surface area contributed by atoms with E-state index in [-0.39, 0.29) is 5.04 Å². The topological polar surface area (TPSA) is 18.5 Å². The third-order valence-electron chi connectivity index (χ3n) is 13.8. The van der Waals surface area contributed by atoms with E-state index in [9.17, 15) is 0 Å². The molecule has 0 saturated heterocycles. The minimum absolute atomic E-state index is 0.290. The highest BCUT2D eigenvalue weighted by molar-refractivity contribution is 6.74. The van der Waals surface area contributed by atoms with Crippen molar-refractivity contribution in [2.45, 2.75) is 169 Å². The molecule has 9 unspecified atom stereocenters. The predicted octanol–water partition coefficient (Wildman–Crippen LogP) is 10.4. The van der Waals surface area contributed by atoms with Crippen LogP contribution < -0.4 is 0 Å². The maximum Gasteiger partial charge on any atom is 0.192 e. The van der Waals surface area contributed by atoms with Crippen LogP contribution in [0.2, 0.25) is 36.3 Å². The first kappa shape index (κ1) is 30.3. The summed E-state index contributed by atoms with van der Waals surface area (Å²) in [5.41, 5.74) is 1.02. The SMILES string of the molecule is CC(O[Si](C)(C)C(C)(C)C)C1CCC2C3CCC4CC(O[Si](C)(C)C(C)(C)C)CCC4(C)C3CCC12C. The summed E-state index contributed by atoms with van der Waals surface area (Å²) in [4.78, 5) is 0. The quantitative estimate of drug-likeness (QED) is 0.318. The van der Waals surface area contributed by atoms with E-state index < -0.39 is 16.6 Å². The second-order valence-corrected chi connectivity index (χ2v) is 27.3. The van der Waals surface area contributed by atoms with Gasteiger partial charge >= 0.3 is 0 Å². The summed E-state index contributed by atoms with van der Waals surface area (Å²) in [6, 6.07) is 0. The average molecular weight is 549 g/mol. The molecule has 0 spiro atoms. The van der Waals surface area contributed by atoms with Crippen LogP contribution in [0.15, 0.2) is 0 Å². The molecular formula is C33H64O2Si2. The zero-order chi connectivity index (χ0) is 27.8. The van der Waals surface area contributed by atoms with Crippen molar-refractivity contribution >= 4 is 16.6 Å². The second-order valence-electron chi connectivity index (χ2n) is 17.7. The lowest BCUT2D eigenvalue weighted by Gasteiger charge is -2.61. The molecule has 0 radical (unpaired) electrons. The van der Waals surface area contributed by atoms with Crippen molar-refractivity contribution in [1.29, 1.82) is 0 Å². The smallest absolute Gasteiger partial charge is 0.192 e. The number of hydrogen-bond acceptors (Lipinski definition) is 2. The van der Waals surface area contributed by atoms with Gasteiger partial charge in [-0.1, -0.05) is 55.4 Å². The minimum Gasteiger partial charge on any atom is -0.414 e. The first-order chi connectivity index (χ1) is 16.7. The monoisotopic (exact) mass is 548 g/mol. The highest BCUT2D eigenvalue weighted by Crippen LogP contribution is 2.68. The molecule has 0 heterocycles. The van der Waals surface area contributed by atoms with Crippen molar-refractivity contribution in [3.63, 3.8) is 0 Å². The minimum atomic E-state index is -1.74. The Labute approximate surface area is 234 Å². The van der Waals surface area contributed by atoms with Gasteiger partial charge in [0.15, 0.2) is 16.6 Å². The van der Waals surface area contributed by atoms with Crippen molar-refractivity contribution in [3.05, 3.63) is 0 Å². The fraction of sp³-hybridized carbons (Fsp3) is 1.00. The molecule has 0 bridgehead atoms. The van der Waals surface area contributed by atoms with E-state index in [0.717, 1.165) is 29.6 Å². The number of fused-ring (bicyclic) bond motifs is 5. The van der Waals surface area contributed by atoms with Gasteiger partial charge in [-0.2, -0.15) is 0 Å². The molecule has 37 heavy (non-hydrogen) atoms. The molecule has 4 heteroatoms. The van der Waals surface area contributed by atoms with Crippen molar-refractivity contribution in [1.82, 2.24) is 0 Å². The summed E-state index contributed by atoms with van der Waals surface area (Å²) in [5, 5.41) is 0.599. The summed E-state index contributed by atoms with van der Waals surface area (Å²) >= 11 is 0. The van der Waals surface area contributed by atoms with Crippen molar-refractivity contribution < 1.29 is 8.85 Å². The van der Waals surface area contributed by atoms with E-state index in [1.807, 2.05) is 0 Å². The lowest BCUT2D eigenvalue weighted by Crippen LogP contribution is -2.56. The van der Waals surface area contributed by atoms with Gasteiger partial charge in [0.25, 0.3) is 0 Å². The van der Waals surface area contributed by atoms with Crippen molar-refractivity contribution in [2.24, 2.45) is 40.4 Å². The summed E-state index contributed by atoms with van der Waals surface area (Å²) in [6.07, 6.45) is 13.6. The van der Waals surface area contributed by atoms with Crippen LogP contribution in [-0.2, 0) is 8.85 Å². The molecule has 0 aromatic heterocycles. The van der Waals surface area contributed by atoms with E-state index in [2.05, 4.69) is 88.5 Å². The fourth-order valence-electron chi connectivity index (χ4n) is 9.45. The van der Waals surface area contributed by atoms with Crippen LogP contribution in [0, 0.1) is 40.4 Å². The summed E-state index contributed by atoms with van der Waals surface area (Å²) in [7, 11) is -3.43. The van der Waals surface area contributed by atoms with E-state index in [1.165, 1.54) is 57.8 Å². The molecule has 0 amide bonds. The maximum absolute atomic E-state index is 7.05. The van der Waals surface area contributed by atoms with Crippen LogP contribution in [0.5, 0.6) is 0 Å². The second kappa shape index (κ2) is 9.73. The average Bonchev–Trinajstić information content (AvgIpc) is 3.09. The number of rotatable bonds is 5. The number of hydrogen-bond donors (Lipinski definition) is 0. The molecule has 216 valence electrons. The van der Waals surface area contributed by atoms with Gasteiger partial charge in [0.05, 0.1) is 0 Å². The van der Waals surface area contributed by atoms with Gasteiger partial charge < -0.3 is 8.85 Å². The van der Waals surface area contributed by atoms with E-state index >= 15 is 0 Å². The van der Waals surface area contributed by atoms with Crippen molar-refractivity contribution in [3.8, 4) is 0 Å².